The maximum Gasteiger partial charge on any atom is 0.253 e. The summed E-state index contributed by atoms with van der Waals surface area (Å²) in [6, 6.07) is 8.85. The molecule has 0 bridgehead atoms. The van der Waals surface area contributed by atoms with Crippen LogP contribution in [0.4, 0.5) is 5.69 Å². The number of hydrogen-bond donors (Lipinski definition) is 2. The van der Waals surface area contributed by atoms with Gasteiger partial charge in [-0.05, 0) is 42.8 Å². The van der Waals surface area contributed by atoms with Gasteiger partial charge in [-0.1, -0.05) is 15.9 Å². The maximum atomic E-state index is 12.1. The molecule has 2 amide bonds. The lowest BCUT2D eigenvalue weighted by molar-refractivity contribution is -0.115. The van der Waals surface area contributed by atoms with Crippen LogP contribution in [0, 0.1) is 6.92 Å². The minimum Gasteiger partial charge on any atom is -0.343 e. The molecule has 3 rings (SSSR count). The molecule has 0 atom stereocenters. The first kappa shape index (κ1) is 17.8. The Hall–Kier alpha value is -3.00. The number of imidazole rings is 1. The first-order valence-electron chi connectivity index (χ1n) is 7.81. The monoisotopic (exact) mass is 413 g/mol. The molecule has 0 saturated carbocycles. The molecule has 0 fully saturated rings. The van der Waals surface area contributed by atoms with Gasteiger partial charge >= 0.3 is 0 Å². The normalized spacial score (nSPS) is 10.4. The highest BCUT2D eigenvalue weighted by molar-refractivity contribution is 9.10. The molecule has 0 unspecified atom stereocenters. The van der Waals surface area contributed by atoms with E-state index in [9.17, 15) is 9.59 Å². The number of nitrogens with one attached hydrogen (secondary N) is 2. The average molecular weight is 414 g/mol. The second-order valence-corrected chi connectivity index (χ2v) is 6.42. The molecule has 8 heteroatoms. The van der Waals surface area contributed by atoms with Gasteiger partial charge in [0.2, 0.25) is 5.91 Å². The van der Waals surface area contributed by atoms with Gasteiger partial charge in [0.05, 0.1) is 12.1 Å². The third-order valence-electron chi connectivity index (χ3n) is 3.63. The van der Waals surface area contributed by atoms with Crippen LogP contribution < -0.4 is 10.6 Å². The summed E-state index contributed by atoms with van der Waals surface area (Å²) in [6.07, 6.45) is 6.49. The van der Waals surface area contributed by atoms with E-state index in [0.29, 0.717) is 17.1 Å². The molecular formula is C18H16BrN5O2. The van der Waals surface area contributed by atoms with Crippen molar-refractivity contribution in [1.29, 1.82) is 0 Å². The Morgan fingerprint density at radius 3 is 2.73 bits per heavy atom. The number of aromatic nitrogens is 3. The van der Waals surface area contributed by atoms with Gasteiger partial charge in [-0.15, -0.1) is 0 Å². The third kappa shape index (κ3) is 4.34. The maximum absolute atomic E-state index is 12.1. The van der Waals surface area contributed by atoms with Crippen LogP contribution in [0.1, 0.15) is 15.9 Å². The Balaban J connectivity index is 1.54. The zero-order valence-electron chi connectivity index (χ0n) is 13.9. The van der Waals surface area contributed by atoms with Crippen molar-refractivity contribution in [2.75, 3.05) is 11.9 Å². The zero-order valence-corrected chi connectivity index (χ0v) is 15.5. The van der Waals surface area contributed by atoms with E-state index in [4.69, 9.17) is 0 Å². The molecular weight excluding hydrogens is 398 g/mol. The van der Waals surface area contributed by atoms with Crippen molar-refractivity contribution in [3.05, 3.63) is 70.8 Å². The molecule has 3 aromatic rings. The fourth-order valence-corrected chi connectivity index (χ4v) is 2.50. The van der Waals surface area contributed by atoms with Crippen LogP contribution in [0.2, 0.25) is 0 Å². The smallest absolute Gasteiger partial charge is 0.253 e. The van der Waals surface area contributed by atoms with Gasteiger partial charge < -0.3 is 10.6 Å². The van der Waals surface area contributed by atoms with Crippen molar-refractivity contribution in [3.63, 3.8) is 0 Å². The van der Waals surface area contributed by atoms with E-state index in [2.05, 4.69) is 36.5 Å². The van der Waals surface area contributed by atoms with Gasteiger partial charge in [-0.2, -0.15) is 0 Å². The highest BCUT2D eigenvalue weighted by Crippen LogP contribution is 2.19. The zero-order chi connectivity index (χ0) is 18.5. The Kier molecular flexibility index (Phi) is 5.43. The molecule has 1 aromatic carbocycles. The van der Waals surface area contributed by atoms with E-state index in [-0.39, 0.29) is 18.4 Å². The van der Waals surface area contributed by atoms with Gasteiger partial charge in [0.15, 0.2) is 0 Å². The minimum atomic E-state index is -0.364. The summed E-state index contributed by atoms with van der Waals surface area (Å²) in [4.78, 5) is 32.3. The molecule has 2 heterocycles. The molecule has 0 saturated heterocycles. The van der Waals surface area contributed by atoms with Crippen molar-refractivity contribution in [3.8, 4) is 5.82 Å². The lowest BCUT2D eigenvalue weighted by Crippen LogP contribution is -2.32. The third-order valence-corrected chi connectivity index (χ3v) is 4.52. The van der Waals surface area contributed by atoms with Crippen molar-refractivity contribution < 1.29 is 9.59 Å². The lowest BCUT2D eigenvalue weighted by Gasteiger charge is -2.08. The van der Waals surface area contributed by atoms with Crippen LogP contribution in [0.25, 0.3) is 5.82 Å². The average Bonchev–Trinajstić information content (AvgIpc) is 3.18. The predicted octanol–water partition coefficient (Wildman–Crippen LogP) is 2.71. The van der Waals surface area contributed by atoms with E-state index in [0.717, 1.165) is 10.0 Å². The van der Waals surface area contributed by atoms with Crippen LogP contribution in [0.3, 0.4) is 0 Å². The fraction of sp³-hybridized carbons (Fsp3) is 0.111. The van der Waals surface area contributed by atoms with Crippen LogP contribution in [0.5, 0.6) is 0 Å². The van der Waals surface area contributed by atoms with Gasteiger partial charge in [0.1, 0.15) is 12.1 Å². The number of anilines is 1. The minimum absolute atomic E-state index is 0.128. The topological polar surface area (TPSA) is 88.9 Å². The fourth-order valence-electron chi connectivity index (χ4n) is 2.26. The second-order valence-electron chi connectivity index (χ2n) is 5.57. The highest BCUT2D eigenvalue weighted by atomic mass is 79.9. The number of rotatable bonds is 5. The van der Waals surface area contributed by atoms with Gasteiger partial charge in [0, 0.05) is 28.8 Å². The highest BCUT2D eigenvalue weighted by Gasteiger charge is 2.10. The molecule has 7 nitrogen and oxygen atoms in total. The summed E-state index contributed by atoms with van der Waals surface area (Å²) >= 11 is 3.41. The summed E-state index contributed by atoms with van der Waals surface area (Å²) < 4.78 is 2.70. The Morgan fingerprint density at radius 2 is 2.08 bits per heavy atom. The Morgan fingerprint density at radius 1 is 1.23 bits per heavy atom. The Labute approximate surface area is 158 Å². The number of amides is 2. The van der Waals surface area contributed by atoms with Gasteiger partial charge in [-0.25, -0.2) is 9.97 Å². The number of halogens is 1. The number of nitrogens with zero attached hydrogens (tertiary/aromatic N) is 3. The standard InChI is InChI=1S/C18H16BrN5O2/c1-12-8-14(3-4-15(12)19)23-17(25)10-22-18(26)13-2-5-16(21-9-13)24-7-6-20-11-24/h2-9,11H,10H2,1H3,(H,22,26)(H,23,25). The number of benzene rings is 1. The quantitative estimate of drug-likeness (QED) is 0.672. The van der Waals surface area contributed by atoms with Crippen molar-refractivity contribution in [1.82, 2.24) is 19.9 Å². The second kappa shape index (κ2) is 7.92. The van der Waals surface area contributed by atoms with Crippen LogP contribution in [-0.4, -0.2) is 32.9 Å². The van der Waals surface area contributed by atoms with Crippen LogP contribution in [-0.2, 0) is 4.79 Å². The van der Waals surface area contributed by atoms with Crippen molar-refractivity contribution in [2.45, 2.75) is 6.92 Å². The SMILES string of the molecule is Cc1cc(NC(=O)CNC(=O)c2ccc(-n3ccnc3)nc2)ccc1Br. The van der Waals surface area contributed by atoms with Gasteiger partial charge in [-0.3, -0.25) is 14.2 Å². The molecule has 0 aliphatic heterocycles. The van der Waals surface area contributed by atoms with Crippen LogP contribution >= 0.6 is 15.9 Å². The molecule has 26 heavy (non-hydrogen) atoms. The predicted molar refractivity (Wildman–Crippen MR) is 101 cm³/mol. The summed E-state index contributed by atoms with van der Waals surface area (Å²) in [5.74, 6) is -0.0118. The Bertz CT molecular complexity index is 923. The summed E-state index contributed by atoms with van der Waals surface area (Å²) in [5.41, 5.74) is 2.06. The van der Waals surface area contributed by atoms with Crippen molar-refractivity contribution >= 4 is 33.4 Å². The van der Waals surface area contributed by atoms with E-state index in [1.807, 2.05) is 19.1 Å². The first-order chi connectivity index (χ1) is 12.5. The van der Waals surface area contributed by atoms with E-state index >= 15 is 0 Å². The summed E-state index contributed by atoms with van der Waals surface area (Å²) in [7, 11) is 0. The molecule has 0 aliphatic carbocycles. The number of hydrogen-bond acceptors (Lipinski definition) is 4. The number of carbonyl (C=O) groups excluding carboxylic acids is 2. The summed E-state index contributed by atoms with van der Waals surface area (Å²) in [5, 5.41) is 5.32. The molecule has 2 N–H and O–H groups in total. The molecule has 2 aromatic heterocycles. The number of aryl methyl sites for hydroxylation is 1. The lowest BCUT2D eigenvalue weighted by atomic mass is 10.2. The van der Waals surface area contributed by atoms with E-state index < -0.39 is 0 Å². The number of pyridine rings is 1. The van der Waals surface area contributed by atoms with Gasteiger partial charge in [0.25, 0.3) is 5.91 Å². The van der Waals surface area contributed by atoms with Crippen LogP contribution in [0.15, 0.2) is 59.7 Å². The first-order valence-corrected chi connectivity index (χ1v) is 8.61. The van der Waals surface area contributed by atoms with E-state index in [1.54, 1.807) is 41.5 Å². The van der Waals surface area contributed by atoms with Crippen molar-refractivity contribution in [2.24, 2.45) is 0 Å². The van der Waals surface area contributed by atoms with E-state index in [1.165, 1.54) is 6.20 Å². The number of carbonyl (C=O) groups is 2. The largest absolute Gasteiger partial charge is 0.343 e. The summed E-state index contributed by atoms with van der Waals surface area (Å²) in [6.45, 7) is 1.80. The molecule has 0 radical (unpaired) electrons. The molecule has 0 spiro atoms. The molecule has 0 aliphatic rings. The molecule has 132 valence electrons.